The van der Waals surface area contributed by atoms with Gasteiger partial charge in [-0.2, -0.15) is 13.2 Å². The van der Waals surface area contributed by atoms with Crippen molar-refractivity contribution >= 4 is 39.4 Å². The Morgan fingerprint density at radius 1 is 1.15 bits per heavy atom. The van der Waals surface area contributed by atoms with Crippen LogP contribution in [0.5, 0.6) is 0 Å². The van der Waals surface area contributed by atoms with E-state index >= 15 is 0 Å². The number of sulfonamides is 1. The Labute approximate surface area is 276 Å². The number of aromatic nitrogens is 4. The summed E-state index contributed by atoms with van der Waals surface area (Å²) in [6.07, 6.45) is 3.35. The van der Waals surface area contributed by atoms with E-state index in [0.717, 1.165) is 25.3 Å². The second-order valence-electron chi connectivity index (χ2n) is 12.8. The summed E-state index contributed by atoms with van der Waals surface area (Å²) in [6, 6.07) is 4.92. The molecule has 0 saturated carbocycles. The van der Waals surface area contributed by atoms with E-state index in [-0.39, 0.29) is 41.7 Å². The van der Waals surface area contributed by atoms with Crippen molar-refractivity contribution in [1.82, 2.24) is 28.7 Å². The van der Waals surface area contributed by atoms with Crippen molar-refractivity contribution in [2.45, 2.75) is 64.8 Å². The molecule has 11 nitrogen and oxygen atoms in total. The number of imidazole rings is 1. The normalized spacial score (nSPS) is 19.8. The second kappa shape index (κ2) is 13.1. The summed E-state index contributed by atoms with van der Waals surface area (Å²) in [4.78, 5) is 26.9. The molecule has 5 rings (SSSR count). The van der Waals surface area contributed by atoms with Crippen molar-refractivity contribution in [2.75, 3.05) is 31.2 Å². The third-order valence-corrected chi connectivity index (χ3v) is 9.49. The van der Waals surface area contributed by atoms with Gasteiger partial charge in [-0.05, 0) is 63.6 Å². The maximum Gasteiger partial charge on any atom is 0.420 e. The van der Waals surface area contributed by atoms with E-state index in [0.29, 0.717) is 29.9 Å². The van der Waals surface area contributed by atoms with Crippen LogP contribution in [0.2, 0.25) is 5.02 Å². The summed E-state index contributed by atoms with van der Waals surface area (Å²) in [5, 5.41) is 3.38. The number of carbonyl (C=O) groups is 1. The first-order valence-electron chi connectivity index (χ1n) is 15.1. The summed E-state index contributed by atoms with van der Waals surface area (Å²) in [5.41, 5.74) is -0.368. The van der Waals surface area contributed by atoms with Crippen molar-refractivity contribution in [3.63, 3.8) is 0 Å². The number of amides is 1. The lowest BCUT2D eigenvalue weighted by Crippen LogP contribution is -2.47. The molecule has 47 heavy (non-hydrogen) atoms. The Bertz CT molecular complexity index is 1790. The van der Waals surface area contributed by atoms with Crippen molar-refractivity contribution in [3.8, 4) is 17.1 Å². The number of hydrogen-bond acceptors (Lipinski definition) is 8. The number of allylic oxidation sites excluding steroid dienone is 1. The number of nitrogens with zero attached hydrogens (tertiary/aromatic N) is 6. The molecule has 2 aliphatic heterocycles. The van der Waals surface area contributed by atoms with Gasteiger partial charge in [-0.1, -0.05) is 30.7 Å². The summed E-state index contributed by atoms with van der Waals surface area (Å²) >= 11 is 6.69. The SMILES string of the molecule is C[C@@H]1CN(S(C)(=O)=O)CCC1Nc1ncc(C(F)(F)F)c(-c2cn(-c3ccc(C4=CCCCN4C(=O)OC(C)(C)C)cc3Cl)cn2)n1. The Kier molecular flexibility index (Phi) is 9.64. The van der Waals surface area contributed by atoms with Gasteiger partial charge in [0.05, 0.1) is 22.7 Å². The zero-order chi connectivity index (χ0) is 34.3. The molecule has 0 bridgehead atoms. The molecule has 0 radical (unpaired) electrons. The average Bonchev–Trinajstić information content (AvgIpc) is 3.46. The van der Waals surface area contributed by atoms with Crippen LogP contribution in [0.4, 0.5) is 23.9 Å². The van der Waals surface area contributed by atoms with Gasteiger partial charge in [-0.3, -0.25) is 4.90 Å². The number of ether oxygens (including phenoxy) is 1. The Hall–Kier alpha value is -3.69. The molecule has 2 aromatic heterocycles. The van der Waals surface area contributed by atoms with Crippen molar-refractivity contribution < 1.29 is 31.1 Å². The van der Waals surface area contributed by atoms with Gasteiger partial charge in [-0.15, -0.1) is 0 Å². The largest absolute Gasteiger partial charge is 0.443 e. The lowest BCUT2D eigenvalue weighted by Gasteiger charge is -2.35. The number of hydrogen-bond donors (Lipinski definition) is 1. The maximum absolute atomic E-state index is 14.1. The highest BCUT2D eigenvalue weighted by Gasteiger charge is 2.37. The van der Waals surface area contributed by atoms with Gasteiger partial charge in [0, 0.05) is 38.1 Å². The van der Waals surface area contributed by atoms with Crippen LogP contribution in [0.15, 0.2) is 43.0 Å². The number of anilines is 1. The molecule has 16 heteroatoms. The fourth-order valence-electron chi connectivity index (χ4n) is 5.59. The molecule has 254 valence electrons. The van der Waals surface area contributed by atoms with E-state index in [2.05, 4.69) is 20.3 Å². The van der Waals surface area contributed by atoms with E-state index in [1.807, 2.05) is 13.0 Å². The molecule has 1 saturated heterocycles. The highest BCUT2D eigenvalue weighted by Crippen LogP contribution is 2.37. The zero-order valence-corrected chi connectivity index (χ0v) is 28.2. The van der Waals surface area contributed by atoms with Crippen molar-refractivity contribution in [3.05, 3.63) is 59.1 Å². The summed E-state index contributed by atoms with van der Waals surface area (Å²) in [5.74, 6) is -0.164. The predicted octanol–water partition coefficient (Wildman–Crippen LogP) is 6.46. The number of alkyl halides is 3. The number of nitrogens with one attached hydrogen (secondary N) is 1. The van der Waals surface area contributed by atoms with Gasteiger partial charge in [0.15, 0.2) is 0 Å². The van der Waals surface area contributed by atoms with Crippen LogP contribution >= 0.6 is 11.6 Å². The molecule has 2 aliphatic rings. The highest BCUT2D eigenvalue weighted by atomic mass is 35.5. The third-order valence-electron chi connectivity index (χ3n) is 7.92. The molecular weight excluding hydrogens is 659 g/mol. The molecular formula is C31H37ClF3N7O4S. The lowest BCUT2D eigenvalue weighted by atomic mass is 9.95. The first-order chi connectivity index (χ1) is 21.9. The van der Waals surface area contributed by atoms with Crippen molar-refractivity contribution in [2.24, 2.45) is 5.92 Å². The van der Waals surface area contributed by atoms with Crippen LogP contribution in [0.3, 0.4) is 0 Å². The predicted molar refractivity (Wildman–Crippen MR) is 172 cm³/mol. The van der Waals surface area contributed by atoms with Gasteiger partial charge < -0.3 is 14.6 Å². The molecule has 0 spiro atoms. The highest BCUT2D eigenvalue weighted by molar-refractivity contribution is 7.88. The van der Waals surface area contributed by atoms with E-state index in [9.17, 15) is 26.4 Å². The van der Waals surface area contributed by atoms with E-state index in [1.54, 1.807) is 43.9 Å². The summed E-state index contributed by atoms with van der Waals surface area (Å²) in [7, 11) is -3.36. The maximum atomic E-state index is 14.1. The van der Waals surface area contributed by atoms with Gasteiger partial charge in [-0.25, -0.2) is 32.5 Å². The minimum absolute atomic E-state index is 0.0233. The number of piperidine rings is 1. The summed E-state index contributed by atoms with van der Waals surface area (Å²) in [6.45, 7) is 8.28. The standard InChI is InChI=1S/C31H37ClF3N7O4S/c1-19-16-41(47(5,44)45)13-11-23(19)38-28-36-15-21(31(33,34)35)27(39-28)24-17-40(18-37-24)26-10-9-20(14-22(26)32)25-8-6-7-12-42(25)29(43)46-30(2,3)4/h8-10,14-15,17-19,23H,6-7,11-13,16H2,1-5H3,(H,36,38,39)/t19-,23?/m1/s1. The van der Waals surface area contributed by atoms with Crippen LogP contribution in [-0.2, 0) is 20.9 Å². The molecule has 1 amide bonds. The minimum atomic E-state index is -4.75. The van der Waals surface area contributed by atoms with Crippen molar-refractivity contribution in [1.29, 1.82) is 0 Å². The number of carbonyl (C=O) groups excluding carboxylic acids is 1. The van der Waals surface area contributed by atoms with E-state index in [4.69, 9.17) is 16.3 Å². The van der Waals surface area contributed by atoms with Gasteiger partial charge in [0.1, 0.15) is 28.9 Å². The first-order valence-corrected chi connectivity index (χ1v) is 17.3. The van der Waals surface area contributed by atoms with Crippen LogP contribution in [0, 0.1) is 5.92 Å². The zero-order valence-electron chi connectivity index (χ0n) is 26.7. The molecule has 3 aromatic rings. The Balaban J connectivity index is 1.40. The number of benzene rings is 1. The molecule has 4 heterocycles. The van der Waals surface area contributed by atoms with Crippen LogP contribution in [0.1, 0.15) is 58.1 Å². The van der Waals surface area contributed by atoms with E-state index in [1.165, 1.54) is 21.4 Å². The quantitative estimate of drug-likeness (QED) is 0.312. The molecule has 1 aromatic carbocycles. The fourth-order valence-corrected chi connectivity index (χ4v) is 6.82. The smallest absolute Gasteiger partial charge is 0.420 e. The van der Waals surface area contributed by atoms with E-state index < -0.39 is 39.2 Å². The van der Waals surface area contributed by atoms with Crippen LogP contribution < -0.4 is 5.32 Å². The average molecular weight is 696 g/mol. The Morgan fingerprint density at radius 2 is 1.89 bits per heavy atom. The van der Waals surface area contributed by atoms with Gasteiger partial charge >= 0.3 is 12.3 Å². The lowest BCUT2D eigenvalue weighted by molar-refractivity contribution is -0.137. The van der Waals surface area contributed by atoms with Crippen LogP contribution in [0.25, 0.3) is 22.8 Å². The third kappa shape index (κ3) is 8.07. The molecule has 0 aliphatic carbocycles. The van der Waals surface area contributed by atoms with Gasteiger partial charge in [0.2, 0.25) is 16.0 Å². The second-order valence-corrected chi connectivity index (χ2v) is 15.2. The molecule has 1 unspecified atom stereocenters. The topological polar surface area (TPSA) is 123 Å². The summed E-state index contributed by atoms with van der Waals surface area (Å²) < 4.78 is 74.6. The molecule has 2 atom stereocenters. The van der Waals surface area contributed by atoms with Crippen LogP contribution in [-0.4, -0.2) is 80.8 Å². The van der Waals surface area contributed by atoms with Gasteiger partial charge in [0.25, 0.3) is 0 Å². The molecule has 1 fully saturated rings. The minimum Gasteiger partial charge on any atom is -0.443 e. The fraction of sp³-hybridized carbons (Fsp3) is 0.484. The first kappa shape index (κ1) is 34.6. The monoisotopic (exact) mass is 695 g/mol. The number of halogens is 4. The Morgan fingerprint density at radius 3 is 2.53 bits per heavy atom. The number of rotatable bonds is 6. The molecule has 1 N–H and O–H groups in total.